The average molecular weight is 463 g/mol. The first-order valence-electron chi connectivity index (χ1n) is 12.2. The molecule has 1 unspecified atom stereocenters. The Morgan fingerprint density at radius 1 is 1.03 bits per heavy atom. The summed E-state index contributed by atoms with van der Waals surface area (Å²) in [5, 5.41) is 23.9. The fourth-order valence-corrected chi connectivity index (χ4v) is 5.16. The van der Waals surface area contributed by atoms with Crippen molar-refractivity contribution in [2.24, 2.45) is 5.92 Å². The van der Waals surface area contributed by atoms with Gasteiger partial charge in [0.25, 0.3) is 5.91 Å². The van der Waals surface area contributed by atoms with E-state index in [1.165, 1.54) is 5.56 Å². The normalized spacial score (nSPS) is 18.0. The standard InChI is InChI=1S/C27H34N4O3/c1-17(2)26(33)20-12-21-15-28-27(34)25(21)22(13-20)24-14-19-11-18(3-4-23(19)29-24)16-31-7-5-30(6-8-31)9-10-32/h3-4,11-14,17,26,29,32-33H,5-10,15-16H2,1-2H3,(H,28,34). The van der Waals surface area contributed by atoms with Crippen LogP contribution >= 0.6 is 0 Å². The van der Waals surface area contributed by atoms with Gasteiger partial charge in [-0.1, -0.05) is 26.0 Å². The maximum absolute atomic E-state index is 12.6. The number of aliphatic hydroxyl groups excluding tert-OH is 2. The van der Waals surface area contributed by atoms with Crippen LogP contribution in [0.2, 0.25) is 0 Å². The number of nitrogens with one attached hydrogen (secondary N) is 2. The fraction of sp³-hybridized carbons (Fsp3) is 0.444. The van der Waals surface area contributed by atoms with E-state index in [1.54, 1.807) is 0 Å². The molecule has 0 radical (unpaired) electrons. The van der Waals surface area contributed by atoms with E-state index < -0.39 is 6.10 Å². The number of amides is 1. The summed E-state index contributed by atoms with van der Waals surface area (Å²) in [6, 6.07) is 12.5. The summed E-state index contributed by atoms with van der Waals surface area (Å²) in [5.74, 6) is 0.0296. The van der Waals surface area contributed by atoms with Crippen molar-refractivity contribution in [2.75, 3.05) is 39.3 Å². The molecule has 4 N–H and O–H groups in total. The minimum absolute atomic E-state index is 0.0599. The number of aromatic nitrogens is 1. The summed E-state index contributed by atoms with van der Waals surface area (Å²) >= 11 is 0. The number of β-amino-alcohol motifs (C(OH)–C–C–N with tert-alkyl or cyclic N) is 1. The van der Waals surface area contributed by atoms with E-state index in [1.807, 2.05) is 26.0 Å². The number of benzene rings is 2. The molecule has 180 valence electrons. The fourth-order valence-electron chi connectivity index (χ4n) is 5.16. The van der Waals surface area contributed by atoms with Crippen molar-refractivity contribution in [3.05, 3.63) is 58.7 Å². The quantitative estimate of drug-likeness (QED) is 0.433. The molecular weight excluding hydrogens is 428 g/mol. The number of aromatic amines is 1. The zero-order chi connectivity index (χ0) is 23.8. The molecule has 0 saturated carbocycles. The number of nitrogens with zero attached hydrogens (tertiary/aromatic N) is 2. The number of piperazine rings is 1. The van der Waals surface area contributed by atoms with Crippen molar-refractivity contribution in [1.82, 2.24) is 20.1 Å². The van der Waals surface area contributed by atoms with Crippen LogP contribution in [-0.2, 0) is 13.1 Å². The van der Waals surface area contributed by atoms with Gasteiger partial charge in [-0.25, -0.2) is 0 Å². The Morgan fingerprint density at radius 2 is 1.79 bits per heavy atom. The van der Waals surface area contributed by atoms with Gasteiger partial charge in [-0.05, 0) is 46.9 Å². The van der Waals surface area contributed by atoms with E-state index in [0.29, 0.717) is 12.1 Å². The molecule has 3 aromatic rings. The molecule has 2 aliphatic rings. The molecule has 2 aliphatic heterocycles. The van der Waals surface area contributed by atoms with Crippen LogP contribution in [0, 0.1) is 5.92 Å². The molecule has 0 bridgehead atoms. The lowest BCUT2D eigenvalue weighted by molar-refractivity contribution is 0.0966. The van der Waals surface area contributed by atoms with Crippen LogP contribution in [0.5, 0.6) is 0 Å². The first-order valence-corrected chi connectivity index (χ1v) is 12.2. The van der Waals surface area contributed by atoms with Crippen LogP contribution in [0.4, 0.5) is 0 Å². The summed E-state index contributed by atoms with van der Waals surface area (Å²) in [6.45, 7) is 10.3. The van der Waals surface area contributed by atoms with Crippen LogP contribution in [-0.4, -0.2) is 70.2 Å². The topological polar surface area (TPSA) is 91.8 Å². The van der Waals surface area contributed by atoms with Crippen LogP contribution < -0.4 is 5.32 Å². The lowest BCUT2D eigenvalue weighted by atomic mass is 9.91. The predicted octanol–water partition coefficient (Wildman–Crippen LogP) is 2.88. The highest BCUT2D eigenvalue weighted by molar-refractivity contribution is 6.05. The maximum atomic E-state index is 12.6. The third kappa shape index (κ3) is 4.49. The highest BCUT2D eigenvalue weighted by Gasteiger charge is 2.27. The summed E-state index contributed by atoms with van der Waals surface area (Å²) in [7, 11) is 0. The molecule has 1 aromatic heterocycles. The van der Waals surface area contributed by atoms with E-state index in [-0.39, 0.29) is 18.4 Å². The number of carbonyl (C=O) groups is 1. The lowest BCUT2D eigenvalue weighted by Crippen LogP contribution is -2.46. The predicted molar refractivity (Wildman–Crippen MR) is 134 cm³/mol. The number of hydrogen-bond acceptors (Lipinski definition) is 5. The van der Waals surface area contributed by atoms with Crippen LogP contribution in [0.3, 0.4) is 0 Å². The van der Waals surface area contributed by atoms with Gasteiger partial charge in [0.1, 0.15) is 0 Å². The molecule has 7 nitrogen and oxygen atoms in total. The highest BCUT2D eigenvalue weighted by Crippen LogP contribution is 2.35. The molecule has 1 atom stereocenters. The van der Waals surface area contributed by atoms with Crippen molar-refractivity contribution < 1.29 is 15.0 Å². The van der Waals surface area contributed by atoms with Crippen molar-refractivity contribution in [3.8, 4) is 11.3 Å². The number of carbonyl (C=O) groups excluding carboxylic acids is 1. The number of rotatable bonds is 7. The first kappa shape index (κ1) is 23.1. The molecule has 34 heavy (non-hydrogen) atoms. The van der Waals surface area contributed by atoms with Crippen LogP contribution in [0.15, 0.2) is 36.4 Å². The summed E-state index contributed by atoms with van der Waals surface area (Å²) in [6.07, 6.45) is -0.575. The zero-order valence-electron chi connectivity index (χ0n) is 20.0. The Labute approximate surface area is 200 Å². The van der Waals surface area contributed by atoms with Crippen LogP contribution in [0.1, 0.15) is 47.0 Å². The van der Waals surface area contributed by atoms with Crippen molar-refractivity contribution in [1.29, 1.82) is 0 Å². The van der Waals surface area contributed by atoms with E-state index in [9.17, 15) is 9.90 Å². The largest absolute Gasteiger partial charge is 0.395 e. The van der Waals surface area contributed by atoms with Crippen molar-refractivity contribution in [3.63, 3.8) is 0 Å². The third-order valence-corrected chi connectivity index (χ3v) is 7.14. The SMILES string of the molecule is CC(C)C(O)c1cc2c(c(-c3cc4cc(CN5CCN(CCO)CC5)ccc4[nH]3)c1)C(=O)NC2. The van der Waals surface area contributed by atoms with Crippen molar-refractivity contribution >= 4 is 16.8 Å². The van der Waals surface area contributed by atoms with E-state index in [2.05, 4.69) is 44.4 Å². The van der Waals surface area contributed by atoms with Gasteiger partial charge >= 0.3 is 0 Å². The van der Waals surface area contributed by atoms with Gasteiger partial charge in [0, 0.05) is 68.0 Å². The summed E-state index contributed by atoms with van der Waals surface area (Å²) in [4.78, 5) is 20.9. The molecule has 1 fully saturated rings. The average Bonchev–Trinajstić information content (AvgIpc) is 3.42. The van der Waals surface area contributed by atoms with E-state index in [0.717, 1.165) is 72.6 Å². The summed E-state index contributed by atoms with van der Waals surface area (Å²) in [5.41, 5.74) is 6.54. The number of H-pyrrole nitrogens is 1. The molecule has 2 aromatic carbocycles. The Balaban J connectivity index is 1.43. The summed E-state index contributed by atoms with van der Waals surface area (Å²) < 4.78 is 0. The van der Waals surface area contributed by atoms with Gasteiger partial charge in [-0.3, -0.25) is 14.6 Å². The second-order valence-corrected chi connectivity index (χ2v) is 9.92. The Morgan fingerprint density at radius 3 is 2.53 bits per heavy atom. The molecule has 7 heteroatoms. The highest BCUT2D eigenvalue weighted by atomic mass is 16.3. The van der Waals surface area contributed by atoms with Gasteiger partial charge in [0.2, 0.25) is 0 Å². The smallest absolute Gasteiger partial charge is 0.252 e. The lowest BCUT2D eigenvalue weighted by Gasteiger charge is -2.34. The number of aliphatic hydroxyl groups is 2. The van der Waals surface area contributed by atoms with Gasteiger partial charge < -0.3 is 20.5 Å². The number of hydrogen-bond donors (Lipinski definition) is 4. The second kappa shape index (κ2) is 9.50. The molecule has 3 heterocycles. The van der Waals surface area contributed by atoms with Gasteiger partial charge in [-0.15, -0.1) is 0 Å². The molecule has 0 aliphatic carbocycles. The van der Waals surface area contributed by atoms with Crippen LogP contribution in [0.25, 0.3) is 22.2 Å². The monoisotopic (exact) mass is 462 g/mol. The third-order valence-electron chi connectivity index (χ3n) is 7.14. The Bertz CT molecular complexity index is 1190. The maximum Gasteiger partial charge on any atom is 0.252 e. The minimum atomic E-state index is -0.575. The van der Waals surface area contributed by atoms with E-state index in [4.69, 9.17) is 5.11 Å². The Kier molecular flexibility index (Phi) is 6.44. The van der Waals surface area contributed by atoms with Gasteiger partial charge in [0.05, 0.1) is 18.3 Å². The molecular formula is C27H34N4O3. The Hall–Kier alpha value is -2.71. The zero-order valence-corrected chi connectivity index (χ0v) is 20.0. The van der Waals surface area contributed by atoms with Gasteiger partial charge in [0.15, 0.2) is 0 Å². The van der Waals surface area contributed by atoms with Crippen molar-refractivity contribution in [2.45, 2.75) is 33.0 Å². The molecule has 1 amide bonds. The minimum Gasteiger partial charge on any atom is -0.395 e. The first-order chi connectivity index (χ1) is 16.4. The van der Waals surface area contributed by atoms with E-state index >= 15 is 0 Å². The molecule has 0 spiro atoms. The number of fused-ring (bicyclic) bond motifs is 2. The second-order valence-electron chi connectivity index (χ2n) is 9.92. The molecule has 1 saturated heterocycles. The molecule has 5 rings (SSSR count). The van der Waals surface area contributed by atoms with Gasteiger partial charge in [-0.2, -0.15) is 0 Å².